The maximum Gasteiger partial charge on any atom is 0.0577 e. The van der Waals surface area contributed by atoms with Gasteiger partial charge in [0, 0.05) is 16.8 Å². The Hall–Kier alpha value is -1.48. The largest absolute Gasteiger partial charge is 0.328 e. The molecule has 1 atom stereocenters. The van der Waals surface area contributed by atoms with Crippen LogP contribution in [0.3, 0.4) is 0 Å². The third kappa shape index (κ3) is 1.72. The lowest BCUT2D eigenvalue weighted by Crippen LogP contribution is -2.17. The first-order chi connectivity index (χ1) is 6.77. The monoisotopic (exact) mass is 187 g/mol. The van der Waals surface area contributed by atoms with E-state index >= 15 is 0 Å². The lowest BCUT2D eigenvalue weighted by atomic mass is 10.0. The number of hydrogen-bond donors (Lipinski definition) is 1. The fraction of sp³-hybridized carbons (Fsp3) is 0.273. The van der Waals surface area contributed by atoms with Crippen molar-refractivity contribution in [2.75, 3.05) is 0 Å². The van der Waals surface area contributed by atoms with Gasteiger partial charge in [-0.3, -0.25) is 0 Å². The molecule has 1 aromatic carbocycles. The second-order valence-corrected chi connectivity index (χ2v) is 3.59. The van der Waals surface area contributed by atoms with Gasteiger partial charge in [-0.1, -0.05) is 18.2 Å². The normalized spacial score (nSPS) is 13.0. The highest BCUT2D eigenvalue weighted by molar-refractivity contribution is 5.84. The maximum atomic E-state index is 5.78. The topological polar surface area (TPSA) is 51.8 Å². The van der Waals surface area contributed by atoms with Crippen molar-refractivity contribution in [2.24, 2.45) is 5.73 Å². The molecule has 0 aliphatic carbocycles. The molecule has 3 heteroatoms. The molecule has 0 saturated heterocycles. The molecule has 1 heterocycles. The molecule has 3 nitrogen and oxygen atoms in total. The molecule has 1 unspecified atom stereocenters. The van der Waals surface area contributed by atoms with Crippen LogP contribution in [0.25, 0.3) is 10.8 Å². The molecular weight excluding hydrogens is 174 g/mol. The van der Waals surface area contributed by atoms with Crippen LogP contribution in [0.4, 0.5) is 0 Å². The Morgan fingerprint density at radius 1 is 1.29 bits per heavy atom. The minimum Gasteiger partial charge on any atom is -0.328 e. The number of fused-ring (bicyclic) bond motifs is 1. The summed E-state index contributed by atoms with van der Waals surface area (Å²) in [6.45, 7) is 2.01. The third-order valence-electron chi connectivity index (χ3n) is 2.22. The molecule has 2 rings (SSSR count). The minimum absolute atomic E-state index is 0.175. The smallest absolute Gasteiger partial charge is 0.0577 e. The van der Waals surface area contributed by atoms with Crippen molar-refractivity contribution in [1.82, 2.24) is 10.2 Å². The van der Waals surface area contributed by atoms with Crippen LogP contribution in [-0.2, 0) is 6.42 Å². The summed E-state index contributed by atoms with van der Waals surface area (Å²) in [5.74, 6) is 0. The van der Waals surface area contributed by atoms with E-state index in [4.69, 9.17) is 5.73 Å². The highest BCUT2D eigenvalue weighted by Crippen LogP contribution is 2.17. The van der Waals surface area contributed by atoms with Crippen LogP contribution in [0.1, 0.15) is 12.5 Å². The Balaban J connectivity index is 2.53. The van der Waals surface area contributed by atoms with Gasteiger partial charge in [0.05, 0.1) is 12.4 Å². The summed E-state index contributed by atoms with van der Waals surface area (Å²) in [5.41, 5.74) is 7.02. The van der Waals surface area contributed by atoms with Crippen molar-refractivity contribution >= 4 is 10.8 Å². The summed E-state index contributed by atoms with van der Waals surface area (Å²) >= 11 is 0. The standard InChI is InChI=1S/C11H13N3/c1-8(12)5-9-3-2-4-10-6-13-14-7-11(9)10/h2-4,6-8H,5,12H2,1H3. The second kappa shape index (κ2) is 3.72. The molecule has 0 spiro atoms. The van der Waals surface area contributed by atoms with Gasteiger partial charge in [-0.15, -0.1) is 0 Å². The Labute approximate surface area is 83.0 Å². The molecule has 0 amide bonds. The Morgan fingerprint density at radius 2 is 2.07 bits per heavy atom. The summed E-state index contributed by atoms with van der Waals surface area (Å²) in [4.78, 5) is 0. The van der Waals surface area contributed by atoms with Gasteiger partial charge in [-0.05, 0) is 18.9 Å². The predicted octanol–water partition coefficient (Wildman–Crippen LogP) is 1.52. The highest BCUT2D eigenvalue weighted by Gasteiger charge is 2.03. The van der Waals surface area contributed by atoms with E-state index in [9.17, 15) is 0 Å². The fourth-order valence-corrected chi connectivity index (χ4v) is 1.61. The molecule has 1 aromatic heterocycles. The summed E-state index contributed by atoms with van der Waals surface area (Å²) in [6, 6.07) is 6.33. The van der Waals surface area contributed by atoms with Gasteiger partial charge in [0.15, 0.2) is 0 Å². The van der Waals surface area contributed by atoms with E-state index < -0.39 is 0 Å². The van der Waals surface area contributed by atoms with E-state index in [1.165, 1.54) is 5.56 Å². The van der Waals surface area contributed by atoms with Crippen LogP contribution < -0.4 is 5.73 Å². The molecule has 0 fully saturated rings. The number of hydrogen-bond acceptors (Lipinski definition) is 3. The van der Waals surface area contributed by atoms with Crippen molar-refractivity contribution in [3.05, 3.63) is 36.2 Å². The van der Waals surface area contributed by atoms with Crippen molar-refractivity contribution in [3.8, 4) is 0 Å². The van der Waals surface area contributed by atoms with Crippen molar-refractivity contribution < 1.29 is 0 Å². The van der Waals surface area contributed by atoms with Crippen LogP contribution in [0.15, 0.2) is 30.6 Å². The van der Waals surface area contributed by atoms with Crippen molar-refractivity contribution in [3.63, 3.8) is 0 Å². The predicted molar refractivity (Wildman–Crippen MR) is 56.9 cm³/mol. The summed E-state index contributed by atoms with van der Waals surface area (Å²) in [5, 5.41) is 10.0. The number of aromatic nitrogens is 2. The van der Waals surface area contributed by atoms with E-state index in [0.29, 0.717) is 0 Å². The molecule has 2 aromatic rings. The highest BCUT2D eigenvalue weighted by atomic mass is 15.1. The van der Waals surface area contributed by atoms with E-state index in [2.05, 4.69) is 16.3 Å². The number of nitrogens with zero attached hydrogens (tertiary/aromatic N) is 2. The molecule has 0 saturated carbocycles. The molecule has 0 radical (unpaired) electrons. The van der Waals surface area contributed by atoms with E-state index in [0.717, 1.165) is 17.2 Å². The number of nitrogens with two attached hydrogens (primary N) is 1. The zero-order valence-corrected chi connectivity index (χ0v) is 8.14. The van der Waals surface area contributed by atoms with Gasteiger partial charge in [0.25, 0.3) is 0 Å². The number of rotatable bonds is 2. The molecule has 72 valence electrons. The lowest BCUT2D eigenvalue weighted by Gasteiger charge is -2.07. The van der Waals surface area contributed by atoms with Crippen LogP contribution >= 0.6 is 0 Å². The summed E-state index contributed by atoms with van der Waals surface area (Å²) in [6.07, 6.45) is 4.45. The molecular formula is C11H13N3. The summed E-state index contributed by atoms with van der Waals surface area (Å²) in [7, 11) is 0. The third-order valence-corrected chi connectivity index (χ3v) is 2.22. The van der Waals surface area contributed by atoms with Gasteiger partial charge in [-0.2, -0.15) is 10.2 Å². The second-order valence-electron chi connectivity index (χ2n) is 3.59. The lowest BCUT2D eigenvalue weighted by molar-refractivity contribution is 0.741. The van der Waals surface area contributed by atoms with Crippen LogP contribution in [0.5, 0.6) is 0 Å². The van der Waals surface area contributed by atoms with Gasteiger partial charge in [0.2, 0.25) is 0 Å². The quantitative estimate of drug-likeness (QED) is 0.775. The first-order valence-electron chi connectivity index (χ1n) is 4.71. The van der Waals surface area contributed by atoms with E-state index in [1.54, 1.807) is 12.4 Å². The van der Waals surface area contributed by atoms with Crippen LogP contribution in [0.2, 0.25) is 0 Å². The average molecular weight is 187 g/mol. The van der Waals surface area contributed by atoms with Crippen LogP contribution in [0, 0.1) is 0 Å². The van der Waals surface area contributed by atoms with Gasteiger partial charge in [-0.25, -0.2) is 0 Å². The summed E-state index contributed by atoms with van der Waals surface area (Å²) < 4.78 is 0. The maximum absolute atomic E-state index is 5.78. The Morgan fingerprint density at radius 3 is 2.86 bits per heavy atom. The Kier molecular flexibility index (Phi) is 2.41. The molecule has 14 heavy (non-hydrogen) atoms. The van der Waals surface area contributed by atoms with Gasteiger partial charge in [0.1, 0.15) is 0 Å². The molecule has 0 aliphatic rings. The van der Waals surface area contributed by atoms with E-state index in [1.807, 2.05) is 19.1 Å². The fourth-order valence-electron chi connectivity index (χ4n) is 1.61. The van der Waals surface area contributed by atoms with Crippen molar-refractivity contribution in [1.29, 1.82) is 0 Å². The molecule has 2 N–H and O–H groups in total. The van der Waals surface area contributed by atoms with E-state index in [-0.39, 0.29) is 6.04 Å². The SMILES string of the molecule is CC(N)Cc1cccc2cnncc12. The zero-order chi connectivity index (χ0) is 9.97. The van der Waals surface area contributed by atoms with Gasteiger partial charge < -0.3 is 5.73 Å². The first kappa shape index (κ1) is 9.09. The molecule has 0 aliphatic heterocycles. The molecule has 0 bridgehead atoms. The van der Waals surface area contributed by atoms with Crippen molar-refractivity contribution in [2.45, 2.75) is 19.4 Å². The van der Waals surface area contributed by atoms with Gasteiger partial charge >= 0.3 is 0 Å². The zero-order valence-electron chi connectivity index (χ0n) is 8.14. The Bertz CT molecular complexity index is 432. The van der Waals surface area contributed by atoms with Crippen LogP contribution in [-0.4, -0.2) is 16.2 Å². The number of benzene rings is 1. The minimum atomic E-state index is 0.175. The first-order valence-corrected chi connectivity index (χ1v) is 4.71. The average Bonchev–Trinajstić information content (AvgIpc) is 2.18.